The molecule has 0 fully saturated rings. The Morgan fingerprint density at radius 3 is 0.798 bits per heavy atom. The van der Waals surface area contributed by atoms with E-state index in [-0.39, 0.29) is 25.7 Å². The maximum Gasteiger partial charge on any atom is 0.472 e. The van der Waals surface area contributed by atoms with Gasteiger partial charge in [0.05, 0.1) is 26.4 Å². The SMILES string of the molecule is CC/C=C\C/C=C\C/C=C\C/C=C\C/C=C\CCCCCC(=O)OCC(COP(=O)(O)OCC(O)COP(=O)(O)OCC(COC(=O)CCCCCC/C=C\C/C=C\C/C=C\C/C=C\CC)OC(=O)CCCCCCCCCCCCCCC)OC(=O)CCCC/C=C\C/C=C\C/C=C\C/C=C\CC. The standard InChI is InChI=1S/C85H140O17P2/c1-5-9-13-17-21-25-29-33-36-38-39-41-44-47-50-54-58-62-66-70-83(88)96-76-81(102-85(90)72-68-64-60-56-52-48-42-35-31-27-23-19-15-11-7-3)78-100-104(93,94)98-74-79(86)73-97-103(91,92)99-77-80(101-84(89)71-67-63-59-55-51-45-32-28-24-20-16-12-8-4)75-95-82(87)69-65-61-57-53-49-46-43-40-37-34-30-26-22-18-14-10-6-2/h9-11,13-15,21-23,25-27,33-37,39,41-43,46-47,50,52,56,79-81,86H,5-8,12,16-20,24,28-32,38,40,44-45,48-49,51,53-55,57-78H2,1-4H3,(H,91,92)(H,93,94)/b13-9-,14-10-,15-11-,25-21-,26-22-,27-23-,36-33-,37-34-,41-39-,42-35-,46-43-,50-47-,56-52-. The van der Waals surface area contributed by atoms with Crippen LogP contribution in [0.15, 0.2) is 158 Å². The van der Waals surface area contributed by atoms with Gasteiger partial charge in [0.25, 0.3) is 0 Å². The maximum absolute atomic E-state index is 13.1. The maximum atomic E-state index is 13.1. The fraction of sp³-hybridized carbons (Fsp3) is 0.647. The van der Waals surface area contributed by atoms with Crippen LogP contribution in [0.3, 0.4) is 0 Å². The normalized spacial score (nSPS) is 14.7. The highest BCUT2D eigenvalue weighted by Gasteiger charge is 2.30. The van der Waals surface area contributed by atoms with Crippen molar-refractivity contribution in [3.05, 3.63) is 158 Å². The predicted molar refractivity (Wildman–Crippen MR) is 427 cm³/mol. The number of phosphoric acid groups is 2. The number of hydrogen-bond acceptors (Lipinski definition) is 15. The van der Waals surface area contributed by atoms with Crippen molar-refractivity contribution in [3.63, 3.8) is 0 Å². The van der Waals surface area contributed by atoms with Crippen LogP contribution in [-0.4, -0.2) is 96.7 Å². The third-order valence-electron chi connectivity index (χ3n) is 16.0. The van der Waals surface area contributed by atoms with Gasteiger partial charge in [-0.05, 0) is 148 Å². The molecule has 592 valence electrons. The number of phosphoric ester groups is 2. The van der Waals surface area contributed by atoms with E-state index in [0.717, 1.165) is 161 Å². The lowest BCUT2D eigenvalue weighted by atomic mass is 10.0. The topological polar surface area (TPSA) is 237 Å². The summed E-state index contributed by atoms with van der Waals surface area (Å²) >= 11 is 0. The summed E-state index contributed by atoms with van der Waals surface area (Å²) in [6.07, 6.45) is 88.0. The van der Waals surface area contributed by atoms with E-state index in [1.807, 2.05) is 0 Å². The molecule has 0 aromatic rings. The zero-order chi connectivity index (χ0) is 76.0. The summed E-state index contributed by atoms with van der Waals surface area (Å²) in [6, 6.07) is 0. The lowest BCUT2D eigenvalue weighted by molar-refractivity contribution is -0.161. The number of esters is 4. The third kappa shape index (κ3) is 74.9. The van der Waals surface area contributed by atoms with E-state index in [2.05, 4.69) is 186 Å². The summed E-state index contributed by atoms with van der Waals surface area (Å²) in [4.78, 5) is 73.0. The molecule has 0 aliphatic rings. The van der Waals surface area contributed by atoms with Crippen molar-refractivity contribution in [3.8, 4) is 0 Å². The average molecular weight is 1500 g/mol. The number of allylic oxidation sites excluding steroid dienone is 26. The fourth-order valence-electron chi connectivity index (χ4n) is 10.1. The first-order chi connectivity index (χ1) is 50.7. The molecule has 104 heavy (non-hydrogen) atoms. The Hall–Kier alpha value is -5.32. The summed E-state index contributed by atoms with van der Waals surface area (Å²) in [5.41, 5.74) is 0. The van der Waals surface area contributed by atoms with E-state index >= 15 is 0 Å². The molecule has 0 radical (unpaired) electrons. The van der Waals surface area contributed by atoms with Crippen LogP contribution < -0.4 is 0 Å². The second-order valence-corrected chi connectivity index (χ2v) is 28.8. The predicted octanol–water partition coefficient (Wildman–Crippen LogP) is 23.2. The first-order valence-corrected chi connectivity index (χ1v) is 42.7. The zero-order valence-electron chi connectivity index (χ0n) is 64.6. The molecule has 0 aliphatic carbocycles. The molecule has 0 amide bonds. The zero-order valence-corrected chi connectivity index (χ0v) is 66.4. The van der Waals surface area contributed by atoms with Crippen LogP contribution in [0.2, 0.25) is 0 Å². The smallest absolute Gasteiger partial charge is 0.462 e. The molecule has 0 rings (SSSR count). The number of aliphatic hydroxyl groups is 1. The van der Waals surface area contributed by atoms with Crippen LogP contribution in [0, 0.1) is 0 Å². The Bertz CT molecular complexity index is 2590. The molecule has 0 aromatic carbocycles. The van der Waals surface area contributed by atoms with Crippen LogP contribution in [0.25, 0.3) is 0 Å². The largest absolute Gasteiger partial charge is 0.472 e. The minimum absolute atomic E-state index is 0.0296. The molecule has 19 heteroatoms. The second-order valence-electron chi connectivity index (χ2n) is 25.9. The quantitative estimate of drug-likeness (QED) is 0.0169. The van der Waals surface area contributed by atoms with Gasteiger partial charge in [0.15, 0.2) is 12.2 Å². The van der Waals surface area contributed by atoms with Gasteiger partial charge < -0.3 is 33.8 Å². The van der Waals surface area contributed by atoms with Gasteiger partial charge >= 0.3 is 39.5 Å². The van der Waals surface area contributed by atoms with Gasteiger partial charge in [-0.25, -0.2) is 9.13 Å². The summed E-state index contributed by atoms with van der Waals surface area (Å²) in [7, 11) is -9.99. The van der Waals surface area contributed by atoms with Crippen LogP contribution >= 0.6 is 15.6 Å². The molecule has 0 aliphatic heterocycles. The first-order valence-electron chi connectivity index (χ1n) is 39.7. The van der Waals surface area contributed by atoms with Crippen LogP contribution in [0.1, 0.15) is 297 Å². The number of ether oxygens (including phenoxy) is 4. The van der Waals surface area contributed by atoms with E-state index in [1.165, 1.54) is 51.4 Å². The molecule has 0 spiro atoms. The van der Waals surface area contributed by atoms with Gasteiger partial charge in [-0.1, -0.05) is 282 Å². The fourth-order valence-corrected chi connectivity index (χ4v) is 11.6. The van der Waals surface area contributed by atoms with Gasteiger partial charge in [0.1, 0.15) is 19.3 Å². The Kier molecular flexibility index (Phi) is 72.0. The molecule has 0 saturated carbocycles. The lowest BCUT2D eigenvalue weighted by Gasteiger charge is -2.21. The Labute approximate surface area is 629 Å². The highest BCUT2D eigenvalue weighted by atomic mass is 31.2. The monoisotopic (exact) mass is 1490 g/mol. The number of carbonyl (C=O) groups is 4. The summed E-state index contributed by atoms with van der Waals surface area (Å²) in [5, 5.41) is 10.6. The number of rotatable bonds is 73. The number of aliphatic hydroxyl groups excluding tert-OH is 1. The molecule has 5 unspecified atom stereocenters. The Morgan fingerprint density at radius 1 is 0.279 bits per heavy atom. The summed E-state index contributed by atoms with van der Waals surface area (Å²) in [6.45, 7) is 4.42. The van der Waals surface area contributed by atoms with Crippen molar-refractivity contribution in [1.82, 2.24) is 0 Å². The molecule has 17 nitrogen and oxygen atoms in total. The van der Waals surface area contributed by atoms with E-state index < -0.39 is 97.5 Å². The minimum Gasteiger partial charge on any atom is -0.462 e. The van der Waals surface area contributed by atoms with Crippen molar-refractivity contribution in [1.29, 1.82) is 0 Å². The second kappa shape index (κ2) is 75.9. The molecule has 0 bridgehead atoms. The molecule has 5 atom stereocenters. The first kappa shape index (κ1) is 98.7. The van der Waals surface area contributed by atoms with Crippen molar-refractivity contribution < 1.29 is 80.2 Å². The Morgan fingerprint density at radius 2 is 0.500 bits per heavy atom. The number of hydrogen-bond donors (Lipinski definition) is 3. The van der Waals surface area contributed by atoms with Crippen molar-refractivity contribution in [2.24, 2.45) is 0 Å². The van der Waals surface area contributed by atoms with Gasteiger partial charge in [-0.2, -0.15) is 0 Å². The van der Waals surface area contributed by atoms with E-state index in [0.29, 0.717) is 32.1 Å². The van der Waals surface area contributed by atoms with Crippen molar-refractivity contribution >= 4 is 39.5 Å². The Balaban J connectivity index is 5.44. The van der Waals surface area contributed by atoms with Gasteiger partial charge in [-0.3, -0.25) is 37.3 Å². The van der Waals surface area contributed by atoms with Crippen LogP contribution in [0.5, 0.6) is 0 Å². The molecule has 0 aromatic heterocycles. The van der Waals surface area contributed by atoms with E-state index in [1.54, 1.807) is 0 Å². The average Bonchev–Trinajstić information content (AvgIpc) is 0.911. The highest BCUT2D eigenvalue weighted by molar-refractivity contribution is 7.47. The van der Waals surface area contributed by atoms with Gasteiger partial charge in [0.2, 0.25) is 0 Å². The van der Waals surface area contributed by atoms with E-state index in [9.17, 15) is 43.2 Å². The molecule has 0 heterocycles. The van der Waals surface area contributed by atoms with Crippen molar-refractivity contribution in [2.45, 2.75) is 316 Å². The van der Waals surface area contributed by atoms with E-state index in [4.69, 9.17) is 37.0 Å². The lowest BCUT2D eigenvalue weighted by Crippen LogP contribution is -2.30. The molecule has 3 N–H and O–H groups in total. The molecular formula is C85H140O17P2. The van der Waals surface area contributed by atoms with Gasteiger partial charge in [0, 0.05) is 25.7 Å². The van der Waals surface area contributed by atoms with Crippen LogP contribution in [-0.2, 0) is 65.4 Å². The third-order valence-corrected chi connectivity index (χ3v) is 17.9. The highest BCUT2D eigenvalue weighted by Crippen LogP contribution is 2.45. The summed E-state index contributed by atoms with van der Waals surface area (Å²) in [5.74, 6) is -2.29. The minimum atomic E-state index is -5.00. The summed E-state index contributed by atoms with van der Waals surface area (Å²) < 4.78 is 68.5. The number of carbonyl (C=O) groups excluding carboxylic acids is 4. The number of unbranched alkanes of at least 4 members (excludes halogenated alkanes) is 21. The molecular weight excluding hydrogens is 1350 g/mol. The van der Waals surface area contributed by atoms with Crippen LogP contribution in [0.4, 0.5) is 0 Å². The van der Waals surface area contributed by atoms with Crippen molar-refractivity contribution in [2.75, 3.05) is 39.6 Å². The molecule has 0 saturated heterocycles. The van der Waals surface area contributed by atoms with Gasteiger partial charge in [-0.15, -0.1) is 0 Å².